The van der Waals surface area contributed by atoms with Gasteiger partial charge in [0.1, 0.15) is 19.0 Å². The van der Waals surface area contributed by atoms with Gasteiger partial charge in [-0.2, -0.15) is 0 Å². The van der Waals surface area contributed by atoms with Crippen molar-refractivity contribution in [3.8, 4) is 5.75 Å². The Balaban J connectivity index is 1.28. The summed E-state index contributed by atoms with van der Waals surface area (Å²) in [7, 11) is 0. The number of carbonyl (C=O) groups excluding carboxylic acids is 1. The summed E-state index contributed by atoms with van der Waals surface area (Å²) in [5, 5.41) is 13.0. The van der Waals surface area contributed by atoms with E-state index in [-0.39, 0.29) is 24.5 Å². The molecule has 138 valence electrons. The van der Waals surface area contributed by atoms with Gasteiger partial charge in [-0.05, 0) is 37.1 Å². The van der Waals surface area contributed by atoms with Crippen LogP contribution in [-0.4, -0.2) is 53.5 Å². The molecule has 7 heteroatoms. The number of likely N-dealkylation sites (tertiary alicyclic amines) is 1. The largest absolute Gasteiger partial charge is 0.491 e. The maximum Gasteiger partial charge on any atom is 0.253 e. The van der Waals surface area contributed by atoms with Gasteiger partial charge in [0.05, 0.1) is 11.8 Å². The fraction of sp³-hybridized carbons (Fsp3) is 0.474. The van der Waals surface area contributed by atoms with Gasteiger partial charge in [-0.15, -0.1) is 0 Å². The molecule has 1 aromatic carbocycles. The Morgan fingerprint density at radius 1 is 1.31 bits per heavy atom. The van der Waals surface area contributed by atoms with Crippen molar-refractivity contribution in [2.75, 3.05) is 26.3 Å². The Labute approximate surface area is 151 Å². The number of carbonyl (C=O) groups is 1. The highest BCUT2D eigenvalue weighted by molar-refractivity contribution is 5.95. The van der Waals surface area contributed by atoms with E-state index >= 15 is 0 Å². The second kappa shape index (κ2) is 7.47. The molecule has 1 atom stereocenters. The maximum atomic E-state index is 12.5. The van der Waals surface area contributed by atoms with E-state index < -0.39 is 0 Å². The summed E-state index contributed by atoms with van der Waals surface area (Å²) in [6, 6.07) is 8.98. The van der Waals surface area contributed by atoms with Gasteiger partial charge >= 0.3 is 0 Å². The van der Waals surface area contributed by atoms with E-state index in [2.05, 4.69) is 5.16 Å². The number of aliphatic hydroxyl groups is 1. The van der Waals surface area contributed by atoms with Crippen LogP contribution in [0.2, 0.25) is 0 Å². The molecule has 0 saturated carbocycles. The average molecular weight is 358 g/mol. The first-order valence-corrected chi connectivity index (χ1v) is 8.93. The smallest absolute Gasteiger partial charge is 0.253 e. The summed E-state index contributed by atoms with van der Waals surface area (Å²) in [4.78, 5) is 14.3. The second-order valence-electron chi connectivity index (χ2n) is 6.75. The molecule has 1 amide bonds. The molecule has 1 aromatic heterocycles. The van der Waals surface area contributed by atoms with Crippen LogP contribution >= 0.6 is 0 Å². The summed E-state index contributed by atoms with van der Waals surface area (Å²) in [6.45, 7) is 2.41. The number of benzene rings is 1. The van der Waals surface area contributed by atoms with E-state index in [1.54, 1.807) is 23.1 Å². The Bertz CT molecular complexity index is 746. The number of aliphatic hydroxyl groups excluding tert-OH is 1. The van der Waals surface area contributed by atoms with Gasteiger partial charge in [0.15, 0.2) is 5.76 Å². The Morgan fingerprint density at radius 2 is 2.12 bits per heavy atom. The molecule has 0 radical (unpaired) electrons. The van der Waals surface area contributed by atoms with E-state index in [9.17, 15) is 4.79 Å². The lowest BCUT2D eigenvalue weighted by molar-refractivity contribution is 0.0594. The molecular formula is C19H22N2O5. The molecule has 1 N–H and O–H groups in total. The minimum Gasteiger partial charge on any atom is -0.491 e. The van der Waals surface area contributed by atoms with Gasteiger partial charge < -0.3 is 24.0 Å². The predicted octanol–water partition coefficient (Wildman–Crippen LogP) is 1.96. The van der Waals surface area contributed by atoms with Crippen molar-refractivity contribution < 1.29 is 23.9 Å². The lowest BCUT2D eigenvalue weighted by Crippen LogP contribution is -2.48. The number of hydrogen-bond donors (Lipinski definition) is 1. The third kappa shape index (κ3) is 3.59. The molecule has 1 unspecified atom stereocenters. The number of hydrogen-bond acceptors (Lipinski definition) is 6. The average Bonchev–Trinajstić information content (AvgIpc) is 3.31. The first-order valence-electron chi connectivity index (χ1n) is 8.93. The fourth-order valence-electron chi connectivity index (χ4n) is 3.27. The lowest BCUT2D eigenvalue weighted by Gasteiger charge is -2.38. The first kappa shape index (κ1) is 17.1. The highest BCUT2D eigenvalue weighted by Gasteiger charge is 2.34. The molecule has 26 heavy (non-hydrogen) atoms. The second-order valence-corrected chi connectivity index (χ2v) is 6.75. The van der Waals surface area contributed by atoms with E-state index in [1.807, 2.05) is 12.1 Å². The minimum absolute atomic E-state index is 0.00203. The molecule has 7 nitrogen and oxygen atoms in total. The van der Waals surface area contributed by atoms with Crippen LogP contribution in [-0.2, 0) is 11.3 Å². The third-order valence-corrected chi connectivity index (χ3v) is 4.88. The molecule has 2 aromatic rings. The summed E-state index contributed by atoms with van der Waals surface area (Å²) in [6.07, 6.45) is 2.31. The topological polar surface area (TPSA) is 85.0 Å². The normalized spacial score (nSPS) is 20.2. The molecule has 2 fully saturated rings. The van der Waals surface area contributed by atoms with Crippen molar-refractivity contribution in [3.05, 3.63) is 47.3 Å². The molecule has 3 heterocycles. The van der Waals surface area contributed by atoms with Gasteiger partial charge in [-0.25, -0.2) is 0 Å². The Hall–Kier alpha value is -2.38. The zero-order chi connectivity index (χ0) is 17.9. The van der Waals surface area contributed by atoms with E-state index in [0.29, 0.717) is 31.0 Å². The van der Waals surface area contributed by atoms with Gasteiger partial charge in [0.2, 0.25) is 0 Å². The number of rotatable bonds is 6. The van der Waals surface area contributed by atoms with Gasteiger partial charge in [-0.1, -0.05) is 5.16 Å². The molecule has 0 bridgehead atoms. The summed E-state index contributed by atoms with van der Waals surface area (Å²) in [5.41, 5.74) is 1.43. The van der Waals surface area contributed by atoms with Gasteiger partial charge in [-0.3, -0.25) is 4.79 Å². The van der Waals surface area contributed by atoms with Crippen LogP contribution < -0.4 is 4.74 Å². The number of nitrogens with zero attached hydrogens (tertiary/aromatic N) is 2. The van der Waals surface area contributed by atoms with Crippen molar-refractivity contribution in [1.82, 2.24) is 10.1 Å². The molecule has 2 saturated heterocycles. The van der Waals surface area contributed by atoms with Crippen LogP contribution in [0.5, 0.6) is 5.75 Å². The quantitative estimate of drug-likeness (QED) is 0.850. The zero-order valence-corrected chi connectivity index (χ0v) is 14.5. The van der Waals surface area contributed by atoms with Crippen LogP contribution in [0.1, 0.15) is 40.6 Å². The van der Waals surface area contributed by atoms with Crippen molar-refractivity contribution >= 4 is 5.91 Å². The summed E-state index contributed by atoms with van der Waals surface area (Å²) < 4.78 is 16.3. The van der Waals surface area contributed by atoms with Crippen molar-refractivity contribution in [3.63, 3.8) is 0 Å². The summed E-state index contributed by atoms with van der Waals surface area (Å²) >= 11 is 0. The number of ether oxygens (including phenoxy) is 2. The molecule has 0 aliphatic carbocycles. The fourth-order valence-corrected chi connectivity index (χ4v) is 3.27. The Morgan fingerprint density at radius 3 is 2.77 bits per heavy atom. The predicted molar refractivity (Wildman–Crippen MR) is 92.0 cm³/mol. The van der Waals surface area contributed by atoms with Gasteiger partial charge in [0.25, 0.3) is 5.91 Å². The van der Waals surface area contributed by atoms with Crippen LogP contribution in [0.3, 0.4) is 0 Å². The molecule has 0 spiro atoms. The number of aromatic nitrogens is 1. The van der Waals surface area contributed by atoms with E-state index in [4.69, 9.17) is 19.1 Å². The highest BCUT2D eigenvalue weighted by atomic mass is 16.5. The first-order chi connectivity index (χ1) is 12.7. The highest BCUT2D eigenvalue weighted by Crippen LogP contribution is 2.28. The monoisotopic (exact) mass is 358 g/mol. The Kier molecular flexibility index (Phi) is 4.90. The van der Waals surface area contributed by atoms with Crippen LogP contribution in [0, 0.1) is 0 Å². The number of amides is 1. The lowest BCUT2D eigenvalue weighted by atomic mass is 9.95. The SMILES string of the molecule is O=C(c1ccc(OCC2CCCO2)cc1)N1CC(c2cc(CO)on2)C1. The van der Waals surface area contributed by atoms with Crippen LogP contribution in [0.25, 0.3) is 0 Å². The van der Waals surface area contributed by atoms with E-state index in [1.165, 1.54) is 0 Å². The molecule has 4 rings (SSSR count). The minimum atomic E-state index is -0.163. The molecule has 2 aliphatic heterocycles. The molecule has 2 aliphatic rings. The zero-order valence-electron chi connectivity index (χ0n) is 14.5. The molecular weight excluding hydrogens is 336 g/mol. The van der Waals surface area contributed by atoms with E-state index in [0.717, 1.165) is 30.9 Å². The summed E-state index contributed by atoms with van der Waals surface area (Å²) in [5.74, 6) is 1.36. The maximum absolute atomic E-state index is 12.5. The van der Waals surface area contributed by atoms with Crippen molar-refractivity contribution in [1.29, 1.82) is 0 Å². The standard InChI is InChI=1S/C19H22N2O5/c22-11-17-8-18(20-26-17)14-9-21(10-14)19(23)13-3-5-15(6-4-13)25-12-16-2-1-7-24-16/h3-6,8,14,16,22H,1-2,7,9-12H2. The van der Waals surface area contributed by atoms with Gasteiger partial charge in [0, 0.05) is 37.2 Å². The van der Waals surface area contributed by atoms with Crippen molar-refractivity contribution in [2.24, 2.45) is 0 Å². The van der Waals surface area contributed by atoms with Crippen molar-refractivity contribution in [2.45, 2.75) is 31.5 Å². The van der Waals surface area contributed by atoms with Crippen LogP contribution in [0.15, 0.2) is 34.9 Å². The van der Waals surface area contributed by atoms with Crippen LogP contribution in [0.4, 0.5) is 0 Å². The third-order valence-electron chi connectivity index (χ3n) is 4.88.